The average molecular weight is 265 g/mol. The minimum Gasteiger partial charge on any atom is -0.339 e. The molecule has 0 aliphatic carbocycles. The van der Waals surface area contributed by atoms with Crippen molar-refractivity contribution in [3.8, 4) is 0 Å². The summed E-state index contributed by atoms with van der Waals surface area (Å²) in [6, 6.07) is 1.70. The van der Waals surface area contributed by atoms with Crippen molar-refractivity contribution in [2.24, 2.45) is 5.84 Å². The van der Waals surface area contributed by atoms with Gasteiger partial charge in [-0.2, -0.15) is 0 Å². The normalized spacial score (nSPS) is 10.6. The van der Waals surface area contributed by atoms with Crippen molar-refractivity contribution < 1.29 is 4.79 Å². The number of nitrogen functional groups attached to an aromatic ring is 1. The Morgan fingerprint density at radius 3 is 2.74 bits per heavy atom. The van der Waals surface area contributed by atoms with Crippen LogP contribution in [-0.2, 0) is 0 Å². The van der Waals surface area contributed by atoms with Crippen LogP contribution >= 0.6 is 0 Å². The zero-order valence-electron chi connectivity index (χ0n) is 11.9. The Morgan fingerprint density at radius 2 is 2.16 bits per heavy atom. The van der Waals surface area contributed by atoms with Gasteiger partial charge in [0.25, 0.3) is 5.91 Å². The molecule has 6 heteroatoms. The maximum atomic E-state index is 12.4. The number of hydrogen-bond acceptors (Lipinski definition) is 5. The first-order valence-corrected chi connectivity index (χ1v) is 6.44. The van der Waals surface area contributed by atoms with E-state index in [0.29, 0.717) is 17.8 Å². The molecule has 3 N–H and O–H groups in total. The lowest BCUT2D eigenvalue weighted by atomic mass is 10.2. The third kappa shape index (κ3) is 4.50. The van der Waals surface area contributed by atoms with E-state index < -0.39 is 0 Å². The van der Waals surface area contributed by atoms with E-state index in [2.05, 4.69) is 15.3 Å². The summed E-state index contributed by atoms with van der Waals surface area (Å²) in [7, 11) is 4.05. The summed E-state index contributed by atoms with van der Waals surface area (Å²) in [6.45, 7) is 4.33. The van der Waals surface area contributed by atoms with Crippen LogP contribution < -0.4 is 11.3 Å². The minimum atomic E-state index is -0.0395. The molecule has 1 aromatic heterocycles. The second kappa shape index (κ2) is 7.70. The summed E-state index contributed by atoms with van der Waals surface area (Å²) >= 11 is 0. The lowest BCUT2D eigenvalue weighted by Crippen LogP contribution is -2.34. The van der Waals surface area contributed by atoms with Crippen molar-refractivity contribution in [1.29, 1.82) is 0 Å². The number of carbonyl (C=O) groups excluding carboxylic acids is 1. The van der Waals surface area contributed by atoms with Crippen LogP contribution in [0.5, 0.6) is 0 Å². The lowest BCUT2D eigenvalue weighted by Gasteiger charge is -2.22. The standard InChI is InChI=1S/C13H23N5O/c1-4-18(9-5-8-17(2)3)13(19)11-10-15-7-6-12(11)16-14/h6-7,10H,4-5,8-9,14H2,1-3H3,(H,15,16). The molecule has 6 nitrogen and oxygen atoms in total. The van der Waals surface area contributed by atoms with Crippen molar-refractivity contribution in [2.75, 3.05) is 39.2 Å². The lowest BCUT2D eigenvalue weighted by molar-refractivity contribution is 0.0760. The van der Waals surface area contributed by atoms with Gasteiger partial charge < -0.3 is 15.2 Å². The van der Waals surface area contributed by atoms with Gasteiger partial charge in [0.2, 0.25) is 0 Å². The summed E-state index contributed by atoms with van der Waals surface area (Å²) < 4.78 is 0. The van der Waals surface area contributed by atoms with E-state index in [4.69, 9.17) is 5.84 Å². The summed E-state index contributed by atoms with van der Waals surface area (Å²) in [5.41, 5.74) is 3.65. The van der Waals surface area contributed by atoms with Crippen LogP contribution in [0.1, 0.15) is 23.7 Å². The van der Waals surface area contributed by atoms with Crippen LogP contribution in [0.4, 0.5) is 5.69 Å². The number of amides is 1. The molecule has 1 aromatic rings. The second-order valence-corrected chi connectivity index (χ2v) is 4.61. The predicted molar refractivity (Wildman–Crippen MR) is 76.8 cm³/mol. The van der Waals surface area contributed by atoms with E-state index in [1.54, 1.807) is 23.4 Å². The number of nitrogens with two attached hydrogens (primary N) is 1. The molecule has 0 bridgehead atoms. The quantitative estimate of drug-likeness (QED) is 0.563. The molecule has 0 saturated carbocycles. The second-order valence-electron chi connectivity index (χ2n) is 4.61. The Labute approximate surface area is 114 Å². The first-order chi connectivity index (χ1) is 9.10. The van der Waals surface area contributed by atoms with Crippen molar-refractivity contribution in [3.05, 3.63) is 24.0 Å². The van der Waals surface area contributed by atoms with Crippen molar-refractivity contribution in [1.82, 2.24) is 14.8 Å². The molecule has 0 atom stereocenters. The van der Waals surface area contributed by atoms with E-state index in [1.807, 2.05) is 21.0 Å². The molecule has 0 unspecified atom stereocenters. The minimum absolute atomic E-state index is 0.0395. The number of carbonyl (C=O) groups is 1. The van der Waals surface area contributed by atoms with Gasteiger partial charge in [-0.3, -0.25) is 15.6 Å². The van der Waals surface area contributed by atoms with Gasteiger partial charge in [-0.15, -0.1) is 0 Å². The molecule has 106 valence electrons. The van der Waals surface area contributed by atoms with Crippen molar-refractivity contribution in [2.45, 2.75) is 13.3 Å². The Morgan fingerprint density at radius 1 is 1.42 bits per heavy atom. The van der Waals surface area contributed by atoms with Crippen LogP contribution in [0, 0.1) is 0 Å². The maximum Gasteiger partial charge on any atom is 0.257 e. The Kier molecular flexibility index (Phi) is 6.24. The van der Waals surface area contributed by atoms with E-state index in [1.165, 1.54) is 0 Å². The molecule has 0 aromatic carbocycles. The highest BCUT2D eigenvalue weighted by Gasteiger charge is 2.17. The number of nitrogens with one attached hydrogen (secondary N) is 1. The topological polar surface area (TPSA) is 74.5 Å². The fourth-order valence-corrected chi connectivity index (χ4v) is 1.84. The van der Waals surface area contributed by atoms with Gasteiger partial charge in [-0.1, -0.05) is 0 Å². The summed E-state index contributed by atoms with van der Waals surface area (Å²) in [5.74, 6) is 5.38. The Balaban J connectivity index is 2.72. The molecule has 1 rings (SSSR count). The van der Waals surface area contributed by atoms with Gasteiger partial charge in [-0.25, -0.2) is 0 Å². The van der Waals surface area contributed by atoms with E-state index in [9.17, 15) is 4.79 Å². The number of aromatic nitrogens is 1. The monoisotopic (exact) mass is 265 g/mol. The number of nitrogens with zero attached hydrogens (tertiary/aromatic N) is 3. The SMILES string of the molecule is CCN(CCCN(C)C)C(=O)c1cnccc1NN. The Bertz CT molecular complexity index is 408. The number of rotatable bonds is 7. The summed E-state index contributed by atoms with van der Waals surface area (Å²) in [4.78, 5) is 20.3. The molecule has 0 aliphatic heterocycles. The molecule has 19 heavy (non-hydrogen) atoms. The zero-order chi connectivity index (χ0) is 14.3. The van der Waals surface area contributed by atoms with Crippen LogP contribution in [-0.4, -0.2) is 54.4 Å². The molecular weight excluding hydrogens is 242 g/mol. The van der Waals surface area contributed by atoms with E-state index in [-0.39, 0.29) is 5.91 Å². The van der Waals surface area contributed by atoms with Crippen molar-refractivity contribution >= 4 is 11.6 Å². The molecule has 0 spiro atoms. The third-order valence-electron chi connectivity index (χ3n) is 2.91. The predicted octanol–water partition coefficient (Wildman–Crippen LogP) is 0.781. The molecule has 1 heterocycles. The molecule has 0 saturated heterocycles. The van der Waals surface area contributed by atoms with E-state index >= 15 is 0 Å². The number of pyridine rings is 1. The number of hydrazine groups is 1. The molecule has 0 fully saturated rings. The molecular formula is C13H23N5O. The highest BCUT2D eigenvalue weighted by Crippen LogP contribution is 2.14. The van der Waals surface area contributed by atoms with Crippen molar-refractivity contribution in [3.63, 3.8) is 0 Å². The Hall–Kier alpha value is -1.66. The van der Waals surface area contributed by atoms with Crippen LogP contribution in [0.25, 0.3) is 0 Å². The first-order valence-electron chi connectivity index (χ1n) is 6.44. The zero-order valence-corrected chi connectivity index (χ0v) is 11.9. The van der Waals surface area contributed by atoms with Crippen LogP contribution in [0.3, 0.4) is 0 Å². The number of hydrogen-bond donors (Lipinski definition) is 2. The maximum absolute atomic E-state index is 12.4. The van der Waals surface area contributed by atoms with Gasteiger partial charge in [0.15, 0.2) is 0 Å². The molecule has 0 radical (unpaired) electrons. The van der Waals surface area contributed by atoms with Gasteiger partial charge in [0.05, 0.1) is 11.3 Å². The van der Waals surface area contributed by atoms with Gasteiger partial charge in [-0.05, 0) is 40.1 Å². The van der Waals surface area contributed by atoms with E-state index in [0.717, 1.165) is 19.5 Å². The third-order valence-corrected chi connectivity index (χ3v) is 2.91. The van der Waals surface area contributed by atoms with Gasteiger partial charge in [0.1, 0.15) is 0 Å². The largest absolute Gasteiger partial charge is 0.339 e. The summed E-state index contributed by atoms with van der Waals surface area (Å²) in [5, 5.41) is 0. The van der Waals surface area contributed by atoms with Gasteiger partial charge >= 0.3 is 0 Å². The molecule has 1 amide bonds. The highest BCUT2D eigenvalue weighted by molar-refractivity contribution is 5.99. The average Bonchev–Trinajstić information content (AvgIpc) is 2.42. The fraction of sp³-hybridized carbons (Fsp3) is 0.538. The summed E-state index contributed by atoms with van der Waals surface area (Å²) in [6.07, 6.45) is 4.10. The molecule has 0 aliphatic rings. The van der Waals surface area contributed by atoms with Crippen LogP contribution in [0.15, 0.2) is 18.5 Å². The fourth-order valence-electron chi connectivity index (χ4n) is 1.84. The highest BCUT2D eigenvalue weighted by atomic mass is 16.2. The first kappa shape index (κ1) is 15.4. The van der Waals surface area contributed by atoms with Gasteiger partial charge in [0, 0.05) is 25.5 Å². The number of anilines is 1. The van der Waals surface area contributed by atoms with Crippen LogP contribution in [0.2, 0.25) is 0 Å². The smallest absolute Gasteiger partial charge is 0.257 e.